The van der Waals surface area contributed by atoms with Crippen LogP contribution in [0.15, 0.2) is 72.4 Å². The molecule has 2 aromatic heterocycles. The summed E-state index contributed by atoms with van der Waals surface area (Å²) in [5.74, 6) is 1.99. The molecule has 30 heavy (non-hydrogen) atoms. The Morgan fingerprint density at radius 1 is 0.867 bits per heavy atom. The van der Waals surface area contributed by atoms with Gasteiger partial charge in [-0.1, -0.05) is 48.5 Å². The third-order valence-corrected chi connectivity index (χ3v) is 6.41. The number of ether oxygens (including phenoxy) is 1. The maximum absolute atomic E-state index is 5.86. The highest BCUT2D eigenvalue weighted by atomic mass is 32.1. The first-order valence-electron chi connectivity index (χ1n) is 10.3. The molecule has 1 fully saturated rings. The number of thiophene rings is 1. The Bertz CT molecular complexity index is 1090. The fourth-order valence-corrected chi connectivity index (χ4v) is 4.83. The van der Waals surface area contributed by atoms with Gasteiger partial charge < -0.3 is 9.64 Å². The van der Waals surface area contributed by atoms with Crippen LogP contribution in [0.25, 0.3) is 21.3 Å². The van der Waals surface area contributed by atoms with Gasteiger partial charge >= 0.3 is 0 Å². The van der Waals surface area contributed by atoms with Crippen molar-refractivity contribution in [3.8, 4) is 16.9 Å². The number of rotatable bonds is 6. The Kier molecular flexibility index (Phi) is 5.59. The summed E-state index contributed by atoms with van der Waals surface area (Å²) in [7, 11) is 0. The molecular weight excluding hydrogens is 392 g/mol. The summed E-state index contributed by atoms with van der Waals surface area (Å²) < 4.78 is 5.86. The molecule has 0 aliphatic carbocycles. The van der Waals surface area contributed by atoms with Gasteiger partial charge in [0.05, 0.1) is 5.39 Å². The maximum Gasteiger partial charge on any atom is 0.141 e. The number of anilines is 1. The van der Waals surface area contributed by atoms with Crippen molar-refractivity contribution in [2.24, 2.45) is 0 Å². The van der Waals surface area contributed by atoms with E-state index in [1.54, 1.807) is 17.7 Å². The van der Waals surface area contributed by atoms with E-state index in [0.29, 0.717) is 6.61 Å². The first-order valence-corrected chi connectivity index (χ1v) is 11.2. The minimum atomic E-state index is 0.713. The number of benzene rings is 2. The Labute approximate surface area is 180 Å². The molecule has 1 aliphatic rings. The lowest BCUT2D eigenvalue weighted by Crippen LogP contribution is -2.47. The van der Waals surface area contributed by atoms with E-state index in [9.17, 15) is 0 Å². The van der Waals surface area contributed by atoms with Gasteiger partial charge in [0.2, 0.25) is 0 Å². The Morgan fingerprint density at radius 2 is 1.60 bits per heavy atom. The SMILES string of the molecule is c1ccc(OCCN2CCN(c3ncnc4scc(-c5ccccc5)c34)CC2)cc1. The Hall–Kier alpha value is -2.96. The van der Waals surface area contributed by atoms with E-state index in [1.807, 2.05) is 30.3 Å². The molecule has 0 amide bonds. The molecule has 6 heteroatoms. The second-order valence-electron chi connectivity index (χ2n) is 7.38. The van der Waals surface area contributed by atoms with Gasteiger partial charge in [-0.05, 0) is 17.7 Å². The molecule has 0 N–H and O–H groups in total. The van der Waals surface area contributed by atoms with Crippen LogP contribution in [0, 0.1) is 0 Å². The predicted octanol–water partition coefficient (Wildman–Crippen LogP) is 4.56. The van der Waals surface area contributed by atoms with Gasteiger partial charge in [-0.3, -0.25) is 4.90 Å². The van der Waals surface area contributed by atoms with Gasteiger partial charge in [0.15, 0.2) is 0 Å². The molecular formula is C24H24N4OS. The monoisotopic (exact) mass is 416 g/mol. The van der Waals surface area contributed by atoms with Crippen molar-refractivity contribution in [2.75, 3.05) is 44.2 Å². The van der Waals surface area contributed by atoms with Crippen LogP contribution in [0.1, 0.15) is 0 Å². The molecule has 0 bridgehead atoms. The summed E-state index contributed by atoms with van der Waals surface area (Å²) in [4.78, 5) is 15.1. The average molecular weight is 417 g/mol. The first-order chi connectivity index (χ1) is 14.9. The lowest BCUT2D eigenvalue weighted by molar-refractivity contribution is 0.200. The summed E-state index contributed by atoms with van der Waals surface area (Å²) in [5.41, 5.74) is 2.45. The zero-order chi connectivity index (χ0) is 20.2. The van der Waals surface area contributed by atoms with Gasteiger partial charge in [-0.2, -0.15) is 0 Å². The Morgan fingerprint density at radius 3 is 2.37 bits per heavy atom. The second-order valence-corrected chi connectivity index (χ2v) is 8.24. The smallest absolute Gasteiger partial charge is 0.141 e. The van der Waals surface area contributed by atoms with Crippen LogP contribution in [0.5, 0.6) is 5.75 Å². The largest absolute Gasteiger partial charge is 0.492 e. The molecule has 5 nitrogen and oxygen atoms in total. The number of piperazine rings is 1. The molecule has 0 atom stereocenters. The summed E-state index contributed by atoms with van der Waals surface area (Å²) in [6.45, 7) is 5.59. The van der Waals surface area contributed by atoms with Gasteiger partial charge in [-0.15, -0.1) is 11.3 Å². The fourth-order valence-electron chi connectivity index (χ4n) is 3.92. The molecule has 0 unspecified atom stereocenters. The third kappa shape index (κ3) is 4.01. The number of fused-ring (bicyclic) bond motifs is 1. The van der Waals surface area contributed by atoms with Gasteiger partial charge in [0.1, 0.15) is 29.3 Å². The molecule has 0 spiro atoms. The minimum absolute atomic E-state index is 0.713. The van der Waals surface area contributed by atoms with Crippen molar-refractivity contribution >= 4 is 27.4 Å². The van der Waals surface area contributed by atoms with Crippen molar-refractivity contribution in [1.82, 2.24) is 14.9 Å². The number of nitrogens with zero attached hydrogens (tertiary/aromatic N) is 4. The van der Waals surface area contributed by atoms with Gasteiger partial charge in [0.25, 0.3) is 0 Å². The van der Waals surface area contributed by atoms with E-state index in [4.69, 9.17) is 9.72 Å². The predicted molar refractivity (Wildman–Crippen MR) is 123 cm³/mol. The summed E-state index contributed by atoms with van der Waals surface area (Å²) in [6, 6.07) is 20.6. The van der Waals surface area contributed by atoms with E-state index in [-0.39, 0.29) is 0 Å². The maximum atomic E-state index is 5.86. The molecule has 3 heterocycles. The first kappa shape index (κ1) is 19.0. The summed E-state index contributed by atoms with van der Waals surface area (Å²) >= 11 is 1.69. The molecule has 0 radical (unpaired) electrons. The fraction of sp³-hybridized carbons (Fsp3) is 0.250. The normalized spacial score (nSPS) is 14.9. The van der Waals surface area contributed by atoms with Crippen molar-refractivity contribution < 1.29 is 4.74 Å². The van der Waals surface area contributed by atoms with Crippen LogP contribution < -0.4 is 9.64 Å². The highest BCUT2D eigenvalue weighted by Gasteiger charge is 2.22. The lowest BCUT2D eigenvalue weighted by Gasteiger charge is -2.35. The van der Waals surface area contributed by atoms with Crippen LogP contribution >= 0.6 is 11.3 Å². The van der Waals surface area contributed by atoms with Crippen molar-refractivity contribution in [3.05, 3.63) is 72.4 Å². The van der Waals surface area contributed by atoms with Crippen LogP contribution in [0.3, 0.4) is 0 Å². The second kappa shape index (κ2) is 8.81. The molecule has 1 saturated heterocycles. The zero-order valence-electron chi connectivity index (χ0n) is 16.8. The van der Waals surface area contributed by atoms with Gasteiger partial charge in [-0.25, -0.2) is 9.97 Å². The van der Waals surface area contributed by atoms with E-state index in [2.05, 4.69) is 50.5 Å². The van der Waals surface area contributed by atoms with Crippen LogP contribution in [0.4, 0.5) is 5.82 Å². The summed E-state index contributed by atoms with van der Waals surface area (Å²) in [6.07, 6.45) is 1.70. The number of para-hydroxylation sites is 1. The van der Waals surface area contributed by atoms with E-state index >= 15 is 0 Å². The average Bonchev–Trinajstić information content (AvgIpc) is 3.25. The minimum Gasteiger partial charge on any atom is -0.492 e. The molecule has 4 aromatic rings. The van der Waals surface area contributed by atoms with E-state index in [0.717, 1.165) is 49.1 Å². The zero-order valence-corrected chi connectivity index (χ0v) is 17.6. The van der Waals surface area contributed by atoms with Crippen LogP contribution in [-0.2, 0) is 0 Å². The van der Waals surface area contributed by atoms with Crippen molar-refractivity contribution in [3.63, 3.8) is 0 Å². The molecule has 2 aromatic carbocycles. The quantitative estimate of drug-likeness (QED) is 0.461. The van der Waals surface area contributed by atoms with Crippen molar-refractivity contribution in [2.45, 2.75) is 0 Å². The summed E-state index contributed by atoms with van der Waals surface area (Å²) in [5, 5.41) is 3.38. The Balaban J connectivity index is 1.27. The van der Waals surface area contributed by atoms with E-state index in [1.165, 1.54) is 16.5 Å². The van der Waals surface area contributed by atoms with Crippen LogP contribution in [-0.4, -0.2) is 54.2 Å². The van der Waals surface area contributed by atoms with Crippen LogP contribution in [0.2, 0.25) is 0 Å². The number of hydrogen-bond donors (Lipinski definition) is 0. The topological polar surface area (TPSA) is 41.5 Å². The number of hydrogen-bond acceptors (Lipinski definition) is 6. The number of aromatic nitrogens is 2. The highest BCUT2D eigenvalue weighted by Crippen LogP contribution is 2.37. The molecule has 152 valence electrons. The molecule has 0 saturated carbocycles. The van der Waals surface area contributed by atoms with Gasteiger partial charge in [0, 0.05) is 43.7 Å². The molecule has 1 aliphatic heterocycles. The standard InChI is InChI=1S/C24H24N4OS/c1-3-7-19(8-4-1)21-17-30-24-22(21)23(25-18-26-24)28-13-11-27(12-14-28)15-16-29-20-9-5-2-6-10-20/h1-10,17-18H,11-16H2. The molecule has 5 rings (SSSR count). The van der Waals surface area contributed by atoms with Crippen molar-refractivity contribution in [1.29, 1.82) is 0 Å². The van der Waals surface area contributed by atoms with E-state index < -0.39 is 0 Å². The third-order valence-electron chi connectivity index (χ3n) is 5.53. The highest BCUT2D eigenvalue weighted by molar-refractivity contribution is 7.17. The lowest BCUT2D eigenvalue weighted by atomic mass is 10.1.